The number of halogens is 2. The smallest absolute Gasteiger partial charge is 0.131 e. The Hall–Kier alpha value is -1.34. The molecule has 0 aliphatic carbocycles. The van der Waals surface area contributed by atoms with Crippen LogP contribution in [0.5, 0.6) is 0 Å². The molecule has 0 radical (unpaired) electrons. The lowest BCUT2D eigenvalue weighted by Crippen LogP contribution is -1.83. The topological polar surface area (TPSA) is 0 Å². The number of benzene rings is 2. The second-order valence-corrected chi connectivity index (χ2v) is 5.23. The molecule has 0 aromatic heterocycles. The average Bonchev–Trinajstić information content (AvgIpc) is 2.42. The first-order valence-electron chi connectivity index (χ1n) is 6.96. The summed E-state index contributed by atoms with van der Waals surface area (Å²) in [4.78, 5) is 0. The third-order valence-electron chi connectivity index (χ3n) is 2.24. The van der Waals surface area contributed by atoms with E-state index in [-0.39, 0.29) is 5.82 Å². The molecule has 0 aliphatic rings. The number of hydrogen-bond donors (Lipinski definition) is 0. The Morgan fingerprint density at radius 3 is 1.80 bits per heavy atom. The van der Waals surface area contributed by atoms with E-state index in [1.807, 2.05) is 65.0 Å². The van der Waals surface area contributed by atoms with Crippen LogP contribution in [0, 0.1) is 12.7 Å². The van der Waals surface area contributed by atoms with E-state index in [1.54, 1.807) is 12.1 Å². The van der Waals surface area contributed by atoms with Gasteiger partial charge in [-0.3, -0.25) is 0 Å². The molecule has 0 spiro atoms. The SMILES string of the molecule is CC.CC(C)Cl.Cc1ccc(-c2ccccc2F)cc1. The van der Waals surface area contributed by atoms with Crippen LogP contribution in [0.2, 0.25) is 0 Å². The van der Waals surface area contributed by atoms with Crippen LogP contribution >= 0.6 is 11.6 Å². The molecule has 0 amide bonds. The van der Waals surface area contributed by atoms with Gasteiger partial charge in [-0.15, -0.1) is 11.6 Å². The summed E-state index contributed by atoms with van der Waals surface area (Å²) in [6, 6.07) is 14.7. The fraction of sp³-hybridized carbons (Fsp3) is 0.333. The molecule has 0 heterocycles. The summed E-state index contributed by atoms with van der Waals surface area (Å²) in [5.74, 6) is -0.170. The van der Waals surface area contributed by atoms with Crippen LogP contribution in [0.25, 0.3) is 11.1 Å². The van der Waals surface area contributed by atoms with E-state index in [0.717, 1.165) is 5.56 Å². The Kier molecular flexibility index (Phi) is 9.75. The Morgan fingerprint density at radius 1 is 0.900 bits per heavy atom. The van der Waals surface area contributed by atoms with Crippen molar-refractivity contribution in [2.75, 3.05) is 0 Å². The molecule has 0 bridgehead atoms. The number of hydrogen-bond acceptors (Lipinski definition) is 0. The van der Waals surface area contributed by atoms with Crippen molar-refractivity contribution >= 4 is 11.6 Å². The lowest BCUT2D eigenvalue weighted by atomic mass is 10.0. The Morgan fingerprint density at radius 2 is 1.35 bits per heavy atom. The highest BCUT2D eigenvalue weighted by molar-refractivity contribution is 6.20. The predicted molar refractivity (Wildman–Crippen MR) is 88.9 cm³/mol. The van der Waals surface area contributed by atoms with Crippen molar-refractivity contribution < 1.29 is 4.39 Å². The van der Waals surface area contributed by atoms with Crippen LogP contribution in [0.4, 0.5) is 4.39 Å². The van der Waals surface area contributed by atoms with Crippen molar-refractivity contribution in [1.29, 1.82) is 0 Å². The van der Waals surface area contributed by atoms with E-state index in [4.69, 9.17) is 11.6 Å². The van der Waals surface area contributed by atoms with E-state index in [1.165, 1.54) is 11.6 Å². The zero-order chi connectivity index (χ0) is 15.5. The highest BCUT2D eigenvalue weighted by Crippen LogP contribution is 2.22. The molecule has 0 aliphatic heterocycles. The molecule has 2 aromatic rings. The van der Waals surface area contributed by atoms with Gasteiger partial charge < -0.3 is 0 Å². The lowest BCUT2D eigenvalue weighted by Gasteiger charge is -2.02. The van der Waals surface area contributed by atoms with Crippen LogP contribution < -0.4 is 0 Å². The lowest BCUT2D eigenvalue weighted by molar-refractivity contribution is 0.631. The molecule has 0 unspecified atom stereocenters. The molecular formula is C18H24ClF. The van der Waals surface area contributed by atoms with Crippen molar-refractivity contribution in [3.8, 4) is 11.1 Å². The standard InChI is InChI=1S/C13H11F.C3H7Cl.C2H6/c1-10-6-8-11(9-7-10)12-4-2-3-5-13(12)14;1-3(2)4;1-2/h2-9H,1H3;3H,1-2H3;1-2H3. The van der Waals surface area contributed by atoms with Crippen LogP contribution in [0.1, 0.15) is 33.3 Å². The first-order chi connectivity index (χ1) is 9.50. The van der Waals surface area contributed by atoms with E-state index in [2.05, 4.69) is 0 Å². The zero-order valence-electron chi connectivity index (χ0n) is 13.0. The first kappa shape index (κ1) is 18.7. The van der Waals surface area contributed by atoms with Gasteiger partial charge in [0.25, 0.3) is 0 Å². The van der Waals surface area contributed by atoms with Crippen molar-refractivity contribution in [2.24, 2.45) is 0 Å². The maximum atomic E-state index is 13.4. The highest BCUT2D eigenvalue weighted by atomic mass is 35.5. The monoisotopic (exact) mass is 294 g/mol. The Bertz CT molecular complexity index is 472. The fourth-order valence-electron chi connectivity index (χ4n) is 1.43. The van der Waals surface area contributed by atoms with Crippen LogP contribution in [0.3, 0.4) is 0 Å². The van der Waals surface area contributed by atoms with Crippen LogP contribution in [-0.2, 0) is 0 Å². The van der Waals surface area contributed by atoms with E-state index in [0.29, 0.717) is 10.9 Å². The van der Waals surface area contributed by atoms with E-state index < -0.39 is 0 Å². The van der Waals surface area contributed by atoms with Gasteiger partial charge in [0.2, 0.25) is 0 Å². The molecule has 0 atom stereocenters. The maximum Gasteiger partial charge on any atom is 0.131 e. The van der Waals surface area contributed by atoms with Gasteiger partial charge in [0, 0.05) is 10.9 Å². The molecule has 2 heteroatoms. The van der Waals surface area contributed by atoms with Gasteiger partial charge >= 0.3 is 0 Å². The molecule has 0 saturated carbocycles. The minimum Gasteiger partial charge on any atom is -0.206 e. The summed E-state index contributed by atoms with van der Waals surface area (Å²) in [6.45, 7) is 9.88. The maximum absolute atomic E-state index is 13.4. The largest absolute Gasteiger partial charge is 0.206 e. The minimum absolute atomic E-state index is 0.170. The minimum atomic E-state index is -0.170. The second-order valence-electron chi connectivity index (χ2n) is 4.36. The molecule has 0 saturated heterocycles. The van der Waals surface area contributed by atoms with Gasteiger partial charge in [0.15, 0.2) is 0 Å². The Balaban J connectivity index is 0.000000521. The van der Waals surface area contributed by atoms with Gasteiger partial charge in [-0.1, -0.05) is 61.9 Å². The molecule has 0 nitrogen and oxygen atoms in total. The number of alkyl halides is 1. The number of aryl methyl sites for hydroxylation is 1. The summed E-state index contributed by atoms with van der Waals surface area (Å²) in [5, 5.41) is 0.306. The first-order valence-corrected chi connectivity index (χ1v) is 7.40. The summed E-state index contributed by atoms with van der Waals surface area (Å²) in [6.07, 6.45) is 0. The van der Waals surface area contributed by atoms with E-state index in [9.17, 15) is 4.39 Å². The summed E-state index contributed by atoms with van der Waals surface area (Å²) >= 11 is 5.27. The fourth-order valence-corrected chi connectivity index (χ4v) is 1.43. The van der Waals surface area contributed by atoms with Crippen molar-refractivity contribution in [3.05, 3.63) is 59.9 Å². The summed E-state index contributed by atoms with van der Waals surface area (Å²) in [5.41, 5.74) is 2.77. The van der Waals surface area contributed by atoms with Crippen molar-refractivity contribution in [2.45, 2.75) is 40.0 Å². The molecule has 0 N–H and O–H groups in total. The van der Waals surface area contributed by atoms with Gasteiger partial charge in [-0.2, -0.15) is 0 Å². The van der Waals surface area contributed by atoms with Gasteiger partial charge in [-0.25, -0.2) is 4.39 Å². The van der Waals surface area contributed by atoms with Gasteiger partial charge in [-0.05, 0) is 32.4 Å². The summed E-state index contributed by atoms with van der Waals surface area (Å²) < 4.78 is 13.4. The average molecular weight is 295 g/mol. The normalized spacial score (nSPS) is 9.20. The van der Waals surface area contributed by atoms with Crippen LogP contribution in [-0.4, -0.2) is 5.38 Å². The highest BCUT2D eigenvalue weighted by Gasteiger charge is 2.02. The Labute approximate surface area is 127 Å². The van der Waals surface area contributed by atoms with Crippen molar-refractivity contribution in [1.82, 2.24) is 0 Å². The molecule has 110 valence electrons. The molecule has 0 fully saturated rings. The van der Waals surface area contributed by atoms with Crippen LogP contribution in [0.15, 0.2) is 48.5 Å². The number of rotatable bonds is 1. The van der Waals surface area contributed by atoms with Gasteiger partial charge in [0.05, 0.1) is 0 Å². The second kappa shape index (κ2) is 10.4. The van der Waals surface area contributed by atoms with Crippen molar-refractivity contribution in [3.63, 3.8) is 0 Å². The third-order valence-corrected chi connectivity index (χ3v) is 2.24. The predicted octanol–water partition coefficient (Wildman–Crippen LogP) is 6.46. The van der Waals surface area contributed by atoms with E-state index >= 15 is 0 Å². The van der Waals surface area contributed by atoms with Gasteiger partial charge in [0.1, 0.15) is 5.82 Å². The summed E-state index contributed by atoms with van der Waals surface area (Å²) in [7, 11) is 0. The quantitative estimate of drug-likeness (QED) is 0.529. The molecular weight excluding hydrogens is 271 g/mol. The third kappa shape index (κ3) is 7.30. The zero-order valence-corrected chi connectivity index (χ0v) is 13.7. The molecule has 20 heavy (non-hydrogen) atoms. The molecule has 2 aromatic carbocycles. The molecule has 2 rings (SSSR count).